The van der Waals surface area contributed by atoms with Crippen molar-refractivity contribution in [3.8, 4) is 0 Å². The molecule has 0 aliphatic rings. The Hall–Kier alpha value is -2.95. The van der Waals surface area contributed by atoms with Crippen LogP contribution in [0.15, 0.2) is 67.1 Å². The molecule has 0 aliphatic carbocycles. The van der Waals surface area contributed by atoms with E-state index in [0.717, 1.165) is 18.5 Å². The van der Waals surface area contributed by atoms with Gasteiger partial charge in [-0.15, -0.1) is 0 Å². The van der Waals surface area contributed by atoms with Gasteiger partial charge in [-0.3, -0.25) is 14.5 Å². The minimum Gasteiger partial charge on any atom is -0.308 e. The molecule has 1 amide bonds. The lowest BCUT2D eigenvalue weighted by atomic mass is 9.84. The zero-order chi connectivity index (χ0) is 17.7. The molecule has 0 radical (unpaired) electrons. The Kier molecular flexibility index (Phi) is 4.93. The van der Waals surface area contributed by atoms with Gasteiger partial charge in [0.05, 0.1) is 5.41 Å². The van der Waals surface area contributed by atoms with Crippen molar-refractivity contribution >= 4 is 11.7 Å². The van der Waals surface area contributed by atoms with Gasteiger partial charge in [0.25, 0.3) is 0 Å². The first-order valence-electron chi connectivity index (χ1n) is 8.35. The highest BCUT2D eigenvalue weighted by Crippen LogP contribution is 2.24. The Balaban J connectivity index is 1.62. The molecular formula is C20H22N4O. The van der Waals surface area contributed by atoms with E-state index in [-0.39, 0.29) is 5.91 Å². The number of aryl methyl sites for hydroxylation is 2. The highest BCUT2D eigenvalue weighted by atomic mass is 16.2. The predicted octanol–water partition coefficient (Wildman–Crippen LogP) is 3.44. The topological polar surface area (TPSA) is 59.8 Å². The van der Waals surface area contributed by atoms with E-state index in [0.29, 0.717) is 5.82 Å². The van der Waals surface area contributed by atoms with Gasteiger partial charge in [0.1, 0.15) is 0 Å². The van der Waals surface area contributed by atoms with E-state index in [9.17, 15) is 4.79 Å². The lowest BCUT2D eigenvalue weighted by Gasteiger charge is -2.23. The van der Waals surface area contributed by atoms with Crippen LogP contribution in [0.5, 0.6) is 0 Å². The number of hydrogen-bond acceptors (Lipinski definition) is 3. The first-order chi connectivity index (χ1) is 12.1. The Bertz CT molecular complexity index is 825. The monoisotopic (exact) mass is 334 g/mol. The molecular weight excluding hydrogens is 312 g/mol. The Morgan fingerprint density at radius 2 is 1.80 bits per heavy atom. The van der Waals surface area contributed by atoms with E-state index < -0.39 is 5.41 Å². The van der Waals surface area contributed by atoms with Gasteiger partial charge >= 0.3 is 0 Å². The molecule has 0 spiro atoms. The number of carbonyl (C=O) groups is 1. The van der Waals surface area contributed by atoms with Crippen molar-refractivity contribution in [2.45, 2.75) is 32.2 Å². The second kappa shape index (κ2) is 7.30. The molecule has 0 saturated heterocycles. The summed E-state index contributed by atoms with van der Waals surface area (Å²) in [4.78, 5) is 16.7. The molecule has 3 rings (SSSR count). The maximum absolute atomic E-state index is 12.7. The van der Waals surface area contributed by atoms with Crippen LogP contribution in [-0.2, 0) is 23.2 Å². The quantitative estimate of drug-likeness (QED) is 0.751. The van der Waals surface area contributed by atoms with Crippen LogP contribution in [0.4, 0.5) is 5.82 Å². The van der Waals surface area contributed by atoms with Gasteiger partial charge in [-0.2, -0.15) is 5.10 Å². The van der Waals surface area contributed by atoms with Crippen LogP contribution >= 0.6 is 0 Å². The molecule has 0 fully saturated rings. The highest BCUT2D eigenvalue weighted by Gasteiger charge is 2.30. The van der Waals surface area contributed by atoms with Crippen LogP contribution in [0.2, 0.25) is 0 Å². The maximum atomic E-state index is 12.7. The second-order valence-corrected chi connectivity index (χ2v) is 6.51. The standard InChI is InChI=1S/C20H22N4O/c1-20(2,17-6-4-3-5-7-17)19(25)22-18-11-15-24(23-18)14-10-16-8-12-21-13-9-16/h3-9,11-13,15H,10,14H2,1-2H3,(H,22,23,25). The first kappa shape index (κ1) is 16.9. The number of nitrogens with one attached hydrogen (secondary N) is 1. The summed E-state index contributed by atoms with van der Waals surface area (Å²) in [7, 11) is 0. The molecule has 5 heteroatoms. The third-order valence-electron chi connectivity index (χ3n) is 4.32. The lowest BCUT2D eigenvalue weighted by molar-refractivity contribution is -0.120. The maximum Gasteiger partial charge on any atom is 0.235 e. The zero-order valence-electron chi connectivity index (χ0n) is 14.5. The molecule has 0 atom stereocenters. The van der Waals surface area contributed by atoms with Gasteiger partial charge in [0.15, 0.2) is 5.82 Å². The summed E-state index contributed by atoms with van der Waals surface area (Å²) in [5.41, 5.74) is 1.56. The molecule has 0 bridgehead atoms. The zero-order valence-corrected chi connectivity index (χ0v) is 14.5. The van der Waals surface area contributed by atoms with E-state index in [4.69, 9.17) is 0 Å². The van der Waals surface area contributed by atoms with Crippen molar-refractivity contribution in [3.05, 3.63) is 78.2 Å². The molecule has 1 aromatic carbocycles. The van der Waals surface area contributed by atoms with Crippen LogP contribution in [-0.4, -0.2) is 20.7 Å². The van der Waals surface area contributed by atoms with Crippen molar-refractivity contribution in [1.29, 1.82) is 0 Å². The van der Waals surface area contributed by atoms with Crippen LogP contribution in [0, 0.1) is 0 Å². The SMILES string of the molecule is CC(C)(C(=O)Nc1ccn(CCc2ccncc2)n1)c1ccccc1. The first-order valence-corrected chi connectivity index (χ1v) is 8.35. The summed E-state index contributed by atoms with van der Waals surface area (Å²) in [5, 5.41) is 7.36. The van der Waals surface area contributed by atoms with Crippen molar-refractivity contribution in [3.63, 3.8) is 0 Å². The van der Waals surface area contributed by atoms with Gasteiger partial charge in [0, 0.05) is 31.2 Å². The molecule has 5 nitrogen and oxygen atoms in total. The lowest BCUT2D eigenvalue weighted by Crippen LogP contribution is -2.34. The van der Waals surface area contributed by atoms with Gasteiger partial charge < -0.3 is 5.32 Å². The number of anilines is 1. The summed E-state index contributed by atoms with van der Waals surface area (Å²) in [5.74, 6) is 0.502. The van der Waals surface area contributed by atoms with Gasteiger partial charge in [-0.05, 0) is 43.5 Å². The van der Waals surface area contributed by atoms with Gasteiger partial charge in [0.2, 0.25) is 5.91 Å². The molecule has 2 aromatic heterocycles. The third-order valence-corrected chi connectivity index (χ3v) is 4.32. The van der Waals surface area contributed by atoms with E-state index >= 15 is 0 Å². The Labute approximate surface area is 147 Å². The second-order valence-electron chi connectivity index (χ2n) is 6.51. The minimum atomic E-state index is -0.623. The number of aromatic nitrogens is 3. The van der Waals surface area contributed by atoms with Gasteiger partial charge in [-0.25, -0.2) is 0 Å². The Morgan fingerprint density at radius 1 is 1.08 bits per heavy atom. The van der Waals surface area contributed by atoms with E-state index in [1.165, 1.54) is 5.56 Å². The van der Waals surface area contributed by atoms with Crippen LogP contribution in [0.25, 0.3) is 0 Å². The number of benzene rings is 1. The number of pyridine rings is 1. The number of nitrogens with zero attached hydrogens (tertiary/aromatic N) is 3. The summed E-state index contributed by atoms with van der Waals surface area (Å²) < 4.78 is 1.84. The molecule has 1 N–H and O–H groups in total. The highest BCUT2D eigenvalue weighted by molar-refractivity contribution is 5.97. The predicted molar refractivity (Wildman–Crippen MR) is 98.3 cm³/mol. The molecule has 0 unspecified atom stereocenters. The van der Waals surface area contributed by atoms with Crippen molar-refractivity contribution < 1.29 is 4.79 Å². The molecule has 128 valence electrons. The average Bonchev–Trinajstić information content (AvgIpc) is 3.09. The molecule has 25 heavy (non-hydrogen) atoms. The summed E-state index contributed by atoms with van der Waals surface area (Å²) >= 11 is 0. The number of carbonyl (C=O) groups excluding carboxylic acids is 1. The summed E-state index contributed by atoms with van der Waals surface area (Å²) in [6, 6.07) is 15.6. The molecule has 3 aromatic rings. The average molecular weight is 334 g/mol. The number of hydrogen-bond donors (Lipinski definition) is 1. The van der Waals surface area contributed by atoms with E-state index in [2.05, 4.69) is 15.4 Å². The van der Waals surface area contributed by atoms with Crippen molar-refractivity contribution in [2.24, 2.45) is 0 Å². The number of rotatable bonds is 6. The summed E-state index contributed by atoms with van der Waals surface area (Å²) in [6.45, 7) is 4.58. The molecule has 2 heterocycles. The molecule has 0 saturated carbocycles. The van der Waals surface area contributed by atoms with Crippen LogP contribution < -0.4 is 5.32 Å². The van der Waals surface area contributed by atoms with E-state index in [1.807, 2.05) is 73.3 Å². The normalized spacial score (nSPS) is 11.3. The fourth-order valence-electron chi connectivity index (χ4n) is 2.60. The number of amides is 1. The smallest absolute Gasteiger partial charge is 0.235 e. The van der Waals surface area contributed by atoms with E-state index in [1.54, 1.807) is 12.4 Å². The fourth-order valence-corrected chi connectivity index (χ4v) is 2.60. The van der Waals surface area contributed by atoms with Crippen molar-refractivity contribution in [2.75, 3.05) is 5.32 Å². The van der Waals surface area contributed by atoms with Gasteiger partial charge in [-0.1, -0.05) is 30.3 Å². The largest absolute Gasteiger partial charge is 0.308 e. The van der Waals surface area contributed by atoms with Crippen molar-refractivity contribution in [1.82, 2.24) is 14.8 Å². The third kappa shape index (κ3) is 4.12. The van der Waals surface area contributed by atoms with Crippen LogP contribution in [0.3, 0.4) is 0 Å². The summed E-state index contributed by atoms with van der Waals surface area (Å²) in [6.07, 6.45) is 6.32. The Morgan fingerprint density at radius 3 is 2.52 bits per heavy atom. The molecule has 0 aliphatic heterocycles. The minimum absolute atomic E-state index is 0.0712. The van der Waals surface area contributed by atoms with Crippen LogP contribution in [0.1, 0.15) is 25.0 Å². The fraction of sp³-hybridized carbons (Fsp3) is 0.250.